The van der Waals surface area contributed by atoms with E-state index in [1.807, 2.05) is 0 Å². The molecule has 0 N–H and O–H groups in total. The first kappa shape index (κ1) is 7.56. The van der Waals surface area contributed by atoms with E-state index in [4.69, 9.17) is 11.8 Å². The number of urea groups is 1. The van der Waals surface area contributed by atoms with Crippen LogP contribution in [0.4, 0.5) is 4.79 Å². The lowest BCUT2D eigenvalue weighted by Crippen LogP contribution is -2.29. The number of carbonyl (C=O) groups is 1. The first-order valence-electron chi connectivity index (χ1n) is 2.16. The van der Waals surface area contributed by atoms with Gasteiger partial charge in [-0.25, -0.2) is 9.21 Å². The maximum absolute atomic E-state index is 10.6. The van der Waals surface area contributed by atoms with Gasteiger partial charge in [-0.2, -0.15) is 0 Å². The van der Waals surface area contributed by atoms with Gasteiger partial charge in [0.15, 0.2) is 0 Å². The van der Waals surface area contributed by atoms with E-state index in [9.17, 15) is 4.79 Å². The molecule has 0 spiro atoms. The SMILES string of the molecule is CN(C)C(=O)N(C)Cl. The van der Waals surface area contributed by atoms with E-state index in [0.717, 1.165) is 4.42 Å². The van der Waals surface area contributed by atoms with Gasteiger partial charge in [-0.05, 0) is 0 Å². The Morgan fingerprint density at radius 3 is 1.75 bits per heavy atom. The van der Waals surface area contributed by atoms with Crippen LogP contribution in [-0.2, 0) is 0 Å². The molecule has 0 saturated carbocycles. The highest BCUT2D eigenvalue weighted by atomic mass is 35.5. The second-order valence-corrected chi connectivity index (χ2v) is 2.16. The van der Waals surface area contributed by atoms with Crippen molar-refractivity contribution in [3.63, 3.8) is 0 Å². The van der Waals surface area contributed by atoms with Crippen LogP contribution in [0.3, 0.4) is 0 Å². The highest BCUT2D eigenvalue weighted by Gasteiger charge is 2.05. The van der Waals surface area contributed by atoms with E-state index in [2.05, 4.69) is 0 Å². The molecular weight excluding hydrogens is 128 g/mol. The number of nitrogens with zero attached hydrogens (tertiary/aromatic N) is 2. The molecule has 0 aromatic rings. The molecule has 0 aromatic carbocycles. The third-order valence-corrected chi connectivity index (χ3v) is 0.791. The maximum Gasteiger partial charge on any atom is 0.333 e. The molecule has 0 rings (SSSR count). The fourth-order valence-corrected chi connectivity index (χ4v) is 0.427. The second kappa shape index (κ2) is 2.77. The Hall–Kier alpha value is -0.440. The van der Waals surface area contributed by atoms with Crippen molar-refractivity contribution in [3.8, 4) is 0 Å². The molecule has 0 unspecified atom stereocenters. The van der Waals surface area contributed by atoms with Crippen molar-refractivity contribution < 1.29 is 4.79 Å². The second-order valence-electron chi connectivity index (χ2n) is 1.65. The minimum absolute atomic E-state index is 0.216. The molecule has 8 heavy (non-hydrogen) atoms. The maximum atomic E-state index is 10.6. The van der Waals surface area contributed by atoms with E-state index in [0.29, 0.717) is 0 Å². The average molecular weight is 137 g/mol. The van der Waals surface area contributed by atoms with Gasteiger partial charge in [-0.15, -0.1) is 0 Å². The van der Waals surface area contributed by atoms with E-state index in [1.165, 1.54) is 11.9 Å². The first-order chi connectivity index (χ1) is 3.55. The van der Waals surface area contributed by atoms with Crippen LogP contribution in [0.2, 0.25) is 0 Å². The molecule has 0 aliphatic heterocycles. The van der Waals surface area contributed by atoms with Crippen LogP contribution < -0.4 is 0 Å². The molecule has 0 aliphatic carbocycles. The van der Waals surface area contributed by atoms with Crippen LogP contribution in [0.5, 0.6) is 0 Å². The van der Waals surface area contributed by atoms with Crippen molar-refractivity contribution in [3.05, 3.63) is 0 Å². The molecule has 2 amide bonds. The Balaban J connectivity index is 3.65. The van der Waals surface area contributed by atoms with Crippen molar-refractivity contribution in [2.75, 3.05) is 21.1 Å². The minimum atomic E-state index is -0.216. The Bertz CT molecular complexity index is 82.0. The molecule has 3 nitrogen and oxygen atoms in total. The fourth-order valence-electron chi connectivity index (χ4n) is 0.276. The zero-order valence-corrected chi connectivity index (χ0v) is 5.94. The van der Waals surface area contributed by atoms with Gasteiger partial charge in [0.1, 0.15) is 0 Å². The van der Waals surface area contributed by atoms with E-state index >= 15 is 0 Å². The minimum Gasteiger partial charge on any atom is -0.330 e. The zero-order valence-electron chi connectivity index (χ0n) is 5.18. The lowest BCUT2D eigenvalue weighted by atomic mass is 10.8. The van der Waals surface area contributed by atoms with Crippen molar-refractivity contribution in [1.29, 1.82) is 0 Å². The zero-order chi connectivity index (χ0) is 6.73. The van der Waals surface area contributed by atoms with Crippen molar-refractivity contribution >= 4 is 17.8 Å². The van der Waals surface area contributed by atoms with Gasteiger partial charge in [0.25, 0.3) is 0 Å². The van der Waals surface area contributed by atoms with E-state index in [-0.39, 0.29) is 6.03 Å². The van der Waals surface area contributed by atoms with Gasteiger partial charge in [0.05, 0.1) is 0 Å². The van der Waals surface area contributed by atoms with Crippen LogP contribution in [-0.4, -0.2) is 36.5 Å². The number of amides is 2. The van der Waals surface area contributed by atoms with Gasteiger partial charge in [0, 0.05) is 32.9 Å². The smallest absolute Gasteiger partial charge is 0.330 e. The summed E-state index contributed by atoms with van der Waals surface area (Å²) in [5, 5.41) is 0. The summed E-state index contributed by atoms with van der Waals surface area (Å²) in [4.78, 5) is 12.0. The molecule has 0 aromatic heterocycles. The Kier molecular flexibility index (Phi) is 2.62. The molecule has 0 fully saturated rings. The number of carbonyl (C=O) groups excluding carboxylic acids is 1. The third-order valence-electron chi connectivity index (χ3n) is 0.646. The molecular formula is C4H9ClN2O. The van der Waals surface area contributed by atoms with Crippen molar-refractivity contribution in [2.24, 2.45) is 0 Å². The number of rotatable bonds is 0. The van der Waals surface area contributed by atoms with Crippen LogP contribution in [0, 0.1) is 0 Å². The molecule has 0 saturated heterocycles. The standard InChI is InChI=1S/C4H9ClN2O/c1-6(2)4(8)7(3)5/h1-3H3. The summed E-state index contributed by atoms with van der Waals surface area (Å²) in [7, 11) is 4.77. The summed E-state index contributed by atoms with van der Waals surface area (Å²) >= 11 is 5.27. The van der Waals surface area contributed by atoms with Crippen molar-refractivity contribution in [1.82, 2.24) is 9.32 Å². The van der Waals surface area contributed by atoms with Gasteiger partial charge in [-0.1, -0.05) is 0 Å². The van der Waals surface area contributed by atoms with Gasteiger partial charge >= 0.3 is 6.03 Å². The normalized spacial score (nSPS) is 8.50. The van der Waals surface area contributed by atoms with Gasteiger partial charge in [-0.3, -0.25) is 0 Å². The van der Waals surface area contributed by atoms with Crippen molar-refractivity contribution in [2.45, 2.75) is 0 Å². The highest BCUT2D eigenvalue weighted by Crippen LogP contribution is 1.92. The summed E-state index contributed by atoms with van der Waals surface area (Å²) < 4.78 is 1.00. The van der Waals surface area contributed by atoms with Gasteiger partial charge in [0.2, 0.25) is 0 Å². The molecule has 0 heterocycles. The fraction of sp³-hybridized carbons (Fsp3) is 0.750. The molecule has 0 atom stereocenters. The van der Waals surface area contributed by atoms with Crippen LogP contribution in [0.15, 0.2) is 0 Å². The van der Waals surface area contributed by atoms with Crippen LogP contribution in [0.25, 0.3) is 0 Å². The lowest BCUT2D eigenvalue weighted by Gasteiger charge is -2.13. The molecule has 48 valence electrons. The van der Waals surface area contributed by atoms with E-state index < -0.39 is 0 Å². The third kappa shape index (κ3) is 2.02. The highest BCUT2D eigenvalue weighted by molar-refractivity contribution is 6.20. The van der Waals surface area contributed by atoms with Gasteiger partial charge < -0.3 is 4.90 Å². The number of hydrogen-bond acceptors (Lipinski definition) is 1. The number of hydrogen-bond donors (Lipinski definition) is 0. The first-order valence-corrected chi connectivity index (χ1v) is 2.50. The summed E-state index contributed by atoms with van der Waals surface area (Å²) in [6, 6.07) is -0.216. The monoisotopic (exact) mass is 136 g/mol. The summed E-state index contributed by atoms with van der Waals surface area (Å²) in [6.45, 7) is 0. The quantitative estimate of drug-likeness (QED) is 0.451. The van der Waals surface area contributed by atoms with Crippen LogP contribution >= 0.6 is 11.8 Å². The molecule has 0 bridgehead atoms. The Labute approximate surface area is 53.9 Å². The topological polar surface area (TPSA) is 23.6 Å². The molecule has 0 radical (unpaired) electrons. The lowest BCUT2D eigenvalue weighted by molar-refractivity contribution is 0.204. The summed E-state index contributed by atoms with van der Waals surface area (Å²) in [5.41, 5.74) is 0. The average Bonchev–Trinajstić information content (AvgIpc) is 1.64. The Morgan fingerprint density at radius 2 is 1.75 bits per heavy atom. The Morgan fingerprint density at radius 1 is 1.38 bits per heavy atom. The van der Waals surface area contributed by atoms with E-state index in [1.54, 1.807) is 14.1 Å². The largest absolute Gasteiger partial charge is 0.333 e. The van der Waals surface area contributed by atoms with Crippen LogP contribution in [0.1, 0.15) is 0 Å². The summed E-state index contributed by atoms with van der Waals surface area (Å²) in [5.74, 6) is 0. The predicted molar refractivity (Wildman–Crippen MR) is 32.7 cm³/mol. The number of halogens is 1. The molecule has 0 aliphatic rings. The predicted octanol–water partition coefficient (Wildman–Crippen LogP) is 0.754. The molecule has 4 heteroatoms. The summed E-state index contributed by atoms with van der Waals surface area (Å²) in [6.07, 6.45) is 0.